The summed E-state index contributed by atoms with van der Waals surface area (Å²) in [5.74, 6) is -0.370. The molecule has 0 radical (unpaired) electrons. The SMILES string of the molecule is C=CCCCc1c(C(=O)OCC)[nH]c(/C=N/S(=O)C(C)(C)C)c1C. The minimum Gasteiger partial charge on any atom is -0.461 e. The van der Waals surface area contributed by atoms with Crippen molar-refractivity contribution >= 4 is 23.2 Å². The van der Waals surface area contributed by atoms with Gasteiger partial charge in [-0.1, -0.05) is 6.08 Å². The Kier molecular flexibility index (Phi) is 7.60. The molecule has 134 valence electrons. The summed E-state index contributed by atoms with van der Waals surface area (Å²) < 4.78 is 20.9. The van der Waals surface area contributed by atoms with Crippen LogP contribution in [0, 0.1) is 6.92 Å². The average molecular weight is 353 g/mol. The van der Waals surface area contributed by atoms with Crippen molar-refractivity contribution in [3.05, 3.63) is 35.2 Å². The lowest BCUT2D eigenvalue weighted by Crippen LogP contribution is -2.19. The average Bonchev–Trinajstić information content (AvgIpc) is 2.81. The molecule has 0 fully saturated rings. The van der Waals surface area contributed by atoms with Crippen molar-refractivity contribution in [3.8, 4) is 0 Å². The van der Waals surface area contributed by atoms with Crippen LogP contribution in [0.1, 0.15) is 67.8 Å². The number of ether oxygens (including phenoxy) is 1. The summed E-state index contributed by atoms with van der Waals surface area (Å²) in [6.07, 6.45) is 5.94. The Hall–Kier alpha value is -1.69. The third kappa shape index (κ3) is 5.44. The highest BCUT2D eigenvalue weighted by molar-refractivity contribution is 7.85. The van der Waals surface area contributed by atoms with E-state index in [1.165, 1.54) is 0 Å². The zero-order valence-electron chi connectivity index (χ0n) is 15.3. The van der Waals surface area contributed by atoms with E-state index in [4.69, 9.17) is 4.74 Å². The van der Waals surface area contributed by atoms with Crippen LogP contribution < -0.4 is 0 Å². The highest BCUT2D eigenvalue weighted by atomic mass is 32.2. The number of H-pyrrole nitrogens is 1. The second-order valence-corrected chi connectivity index (χ2v) is 8.45. The highest BCUT2D eigenvalue weighted by Crippen LogP contribution is 2.21. The largest absolute Gasteiger partial charge is 0.461 e. The summed E-state index contributed by atoms with van der Waals surface area (Å²) in [6, 6.07) is 0. The first-order valence-corrected chi connectivity index (χ1v) is 9.28. The minimum atomic E-state index is -1.34. The molecule has 0 aliphatic carbocycles. The Labute approximate surface area is 147 Å². The van der Waals surface area contributed by atoms with Crippen molar-refractivity contribution in [3.63, 3.8) is 0 Å². The van der Waals surface area contributed by atoms with E-state index in [9.17, 15) is 9.00 Å². The molecule has 0 amide bonds. The molecule has 1 aromatic rings. The monoisotopic (exact) mass is 352 g/mol. The van der Waals surface area contributed by atoms with Crippen molar-refractivity contribution in [2.45, 2.75) is 58.6 Å². The van der Waals surface area contributed by atoms with Gasteiger partial charge in [0.25, 0.3) is 0 Å². The molecule has 0 bridgehead atoms. The Morgan fingerprint density at radius 1 is 1.42 bits per heavy atom. The standard InChI is InChI=1S/C18H28N2O3S/c1-7-9-10-11-14-13(3)15(12-19-24(22)18(4,5)6)20-16(14)17(21)23-8-2/h7,12,20H,1,8-11H2,2-6H3/b19-12+. The van der Waals surface area contributed by atoms with Crippen LogP contribution >= 0.6 is 0 Å². The van der Waals surface area contributed by atoms with Gasteiger partial charge in [0.2, 0.25) is 0 Å². The number of hydrogen-bond acceptors (Lipinski definition) is 3. The summed E-state index contributed by atoms with van der Waals surface area (Å²) in [5.41, 5.74) is 3.03. The molecule has 0 saturated heterocycles. The topological polar surface area (TPSA) is 71.5 Å². The van der Waals surface area contributed by atoms with Crippen LogP contribution in [0.25, 0.3) is 0 Å². The fourth-order valence-corrected chi connectivity index (χ4v) is 2.67. The van der Waals surface area contributed by atoms with E-state index < -0.39 is 15.7 Å². The summed E-state index contributed by atoms with van der Waals surface area (Å²) in [6.45, 7) is 13.4. The van der Waals surface area contributed by atoms with Gasteiger partial charge in [-0.15, -0.1) is 6.58 Å². The predicted octanol–water partition coefficient (Wildman–Crippen LogP) is 3.89. The first kappa shape index (κ1) is 20.4. The van der Waals surface area contributed by atoms with Crippen LogP contribution in [0.5, 0.6) is 0 Å². The normalized spacial score (nSPS) is 13.2. The Morgan fingerprint density at radius 3 is 2.62 bits per heavy atom. The number of rotatable bonds is 8. The molecule has 1 N–H and O–H groups in total. The maximum Gasteiger partial charge on any atom is 0.355 e. The Bertz CT molecular complexity index is 639. The summed E-state index contributed by atoms with van der Waals surface area (Å²) in [7, 11) is -1.34. The predicted molar refractivity (Wildman–Crippen MR) is 100 cm³/mol. The van der Waals surface area contributed by atoms with Crippen LogP contribution in [0.2, 0.25) is 0 Å². The number of unbranched alkanes of at least 4 members (excludes halogenated alkanes) is 1. The summed E-state index contributed by atoms with van der Waals surface area (Å²) >= 11 is 0. The van der Waals surface area contributed by atoms with Gasteiger partial charge in [-0.25, -0.2) is 9.00 Å². The van der Waals surface area contributed by atoms with Gasteiger partial charge >= 0.3 is 5.97 Å². The molecule has 6 heteroatoms. The molecule has 1 rings (SSSR count). The lowest BCUT2D eigenvalue weighted by atomic mass is 10.0. The molecule has 0 aliphatic heterocycles. The van der Waals surface area contributed by atoms with Gasteiger partial charge in [-0.05, 0) is 65.0 Å². The van der Waals surface area contributed by atoms with Gasteiger partial charge in [-0.3, -0.25) is 0 Å². The summed E-state index contributed by atoms with van der Waals surface area (Å²) in [5, 5.41) is 0. The van der Waals surface area contributed by atoms with Crippen molar-refractivity contribution < 1.29 is 13.7 Å². The quantitative estimate of drug-likeness (QED) is 0.334. The number of nitrogens with one attached hydrogen (secondary N) is 1. The van der Waals surface area contributed by atoms with E-state index in [1.807, 2.05) is 33.8 Å². The summed E-state index contributed by atoms with van der Waals surface area (Å²) in [4.78, 5) is 15.3. The lowest BCUT2D eigenvalue weighted by molar-refractivity contribution is 0.0519. The molecule has 0 aromatic carbocycles. The van der Waals surface area contributed by atoms with Gasteiger partial charge in [0.15, 0.2) is 0 Å². The number of aromatic nitrogens is 1. The molecule has 1 atom stereocenters. The highest BCUT2D eigenvalue weighted by Gasteiger charge is 2.21. The zero-order valence-corrected chi connectivity index (χ0v) is 16.1. The number of esters is 1. The molecular weight excluding hydrogens is 324 g/mol. The number of carbonyl (C=O) groups is 1. The molecule has 0 spiro atoms. The van der Waals surface area contributed by atoms with E-state index in [0.717, 1.165) is 30.4 Å². The number of carbonyl (C=O) groups excluding carboxylic acids is 1. The number of nitrogens with zero attached hydrogens (tertiary/aromatic N) is 1. The van der Waals surface area contributed by atoms with Crippen LogP contribution in [-0.2, 0) is 22.1 Å². The van der Waals surface area contributed by atoms with Gasteiger partial charge in [-0.2, -0.15) is 4.40 Å². The van der Waals surface area contributed by atoms with Crippen LogP contribution in [0.4, 0.5) is 0 Å². The molecule has 1 aromatic heterocycles. The van der Waals surface area contributed by atoms with Crippen molar-refractivity contribution in [2.24, 2.45) is 4.40 Å². The number of aromatic amines is 1. The van der Waals surface area contributed by atoms with Crippen LogP contribution in [0.15, 0.2) is 17.1 Å². The molecule has 5 nitrogen and oxygen atoms in total. The maximum atomic E-state index is 12.2. The van der Waals surface area contributed by atoms with E-state index in [0.29, 0.717) is 18.0 Å². The van der Waals surface area contributed by atoms with E-state index in [1.54, 1.807) is 13.1 Å². The van der Waals surface area contributed by atoms with Crippen molar-refractivity contribution in [1.82, 2.24) is 4.98 Å². The second-order valence-electron chi connectivity index (χ2n) is 6.51. The second kappa shape index (κ2) is 8.97. The molecule has 1 heterocycles. The minimum absolute atomic E-state index is 0.320. The van der Waals surface area contributed by atoms with Crippen LogP contribution in [0.3, 0.4) is 0 Å². The molecular formula is C18H28N2O3S. The smallest absolute Gasteiger partial charge is 0.355 e. The third-order valence-electron chi connectivity index (χ3n) is 3.53. The Morgan fingerprint density at radius 2 is 2.08 bits per heavy atom. The van der Waals surface area contributed by atoms with Gasteiger partial charge < -0.3 is 9.72 Å². The molecule has 24 heavy (non-hydrogen) atoms. The molecule has 1 unspecified atom stereocenters. The van der Waals surface area contributed by atoms with Crippen molar-refractivity contribution in [1.29, 1.82) is 0 Å². The van der Waals surface area contributed by atoms with Crippen LogP contribution in [-0.4, -0.2) is 32.7 Å². The first-order chi connectivity index (χ1) is 11.2. The number of hydrogen-bond donors (Lipinski definition) is 1. The molecule has 0 saturated carbocycles. The van der Waals surface area contributed by atoms with E-state index in [-0.39, 0.29) is 5.97 Å². The van der Waals surface area contributed by atoms with Crippen molar-refractivity contribution in [2.75, 3.05) is 6.61 Å². The first-order valence-electron chi connectivity index (χ1n) is 8.17. The Balaban J connectivity index is 3.15. The van der Waals surface area contributed by atoms with Gasteiger partial charge in [0, 0.05) is 0 Å². The van der Waals surface area contributed by atoms with E-state index >= 15 is 0 Å². The molecule has 0 aliphatic rings. The van der Waals surface area contributed by atoms with Gasteiger partial charge in [0.05, 0.1) is 23.3 Å². The van der Waals surface area contributed by atoms with Gasteiger partial charge in [0.1, 0.15) is 16.7 Å². The zero-order chi connectivity index (χ0) is 18.3. The third-order valence-corrected chi connectivity index (χ3v) is 4.88. The lowest BCUT2D eigenvalue weighted by Gasteiger charge is -2.12. The van der Waals surface area contributed by atoms with E-state index in [2.05, 4.69) is 16.0 Å². The fraction of sp³-hybridized carbons (Fsp3) is 0.556. The maximum absolute atomic E-state index is 12.2. The number of allylic oxidation sites excluding steroid dienone is 1. The fourth-order valence-electron chi connectivity index (χ4n) is 2.15.